The van der Waals surface area contributed by atoms with Crippen LogP contribution in [0.1, 0.15) is 50.9 Å². The molecule has 1 N–H and O–H groups in total. The van der Waals surface area contributed by atoms with Gasteiger partial charge in [-0.2, -0.15) is 0 Å². The first-order valence-electron chi connectivity index (χ1n) is 5.81. The van der Waals surface area contributed by atoms with Gasteiger partial charge in [0.25, 0.3) is 0 Å². The van der Waals surface area contributed by atoms with E-state index in [2.05, 4.69) is 43.4 Å². The van der Waals surface area contributed by atoms with Gasteiger partial charge in [-0.25, -0.2) is 4.98 Å². The van der Waals surface area contributed by atoms with Crippen molar-refractivity contribution < 1.29 is 4.74 Å². The van der Waals surface area contributed by atoms with Gasteiger partial charge >= 0.3 is 0 Å². The number of hydrogen-bond acceptors (Lipinski definition) is 4. The summed E-state index contributed by atoms with van der Waals surface area (Å²) in [5.74, 6) is 0. The Morgan fingerprint density at radius 1 is 1.56 bits per heavy atom. The second kappa shape index (κ2) is 5.75. The van der Waals surface area contributed by atoms with E-state index in [1.54, 1.807) is 18.4 Å². The summed E-state index contributed by atoms with van der Waals surface area (Å²) >= 11 is 1.68. The van der Waals surface area contributed by atoms with Crippen molar-refractivity contribution >= 4 is 11.3 Å². The van der Waals surface area contributed by atoms with Crippen molar-refractivity contribution in [2.24, 2.45) is 0 Å². The molecule has 0 aliphatic rings. The van der Waals surface area contributed by atoms with Crippen molar-refractivity contribution in [3.05, 3.63) is 16.1 Å². The van der Waals surface area contributed by atoms with E-state index in [9.17, 15) is 0 Å². The molecule has 0 saturated heterocycles. The van der Waals surface area contributed by atoms with Gasteiger partial charge < -0.3 is 10.1 Å². The van der Waals surface area contributed by atoms with E-state index < -0.39 is 0 Å². The largest absolute Gasteiger partial charge is 0.371 e. The van der Waals surface area contributed by atoms with E-state index in [1.807, 2.05) is 0 Å². The highest BCUT2D eigenvalue weighted by atomic mass is 32.1. The van der Waals surface area contributed by atoms with Crippen LogP contribution in [0.5, 0.6) is 0 Å². The number of nitrogens with zero attached hydrogens (tertiary/aromatic N) is 1. The molecule has 0 aliphatic carbocycles. The highest BCUT2D eigenvalue weighted by Gasteiger charge is 2.28. The molecule has 2 unspecified atom stereocenters. The molecule has 0 radical (unpaired) electrons. The standard InChI is InChI=1S/C12H22N2OS/c1-6-12(4,15-5)11-14-10(8-16-11)9(3)13-7-2/h8-9,13H,6-7H2,1-5H3. The lowest BCUT2D eigenvalue weighted by molar-refractivity contribution is -0.00170. The molecule has 0 aliphatic heterocycles. The number of rotatable bonds is 6. The molecule has 1 aromatic rings. The van der Waals surface area contributed by atoms with E-state index in [-0.39, 0.29) is 5.60 Å². The van der Waals surface area contributed by atoms with Crippen LogP contribution in [0.2, 0.25) is 0 Å². The average Bonchev–Trinajstić information content (AvgIpc) is 2.78. The van der Waals surface area contributed by atoms with Crippen LogP contribution in [0, 0.1) is 0 Å². The summed E-state index contributed by atoms with van der Waals surface area (Å²) in [5, 5.41) is 6.55. The predicted octanol–water partition coefficient (Wildman–Crippen LogP) is 3.09. The Bertz CT molecular complexity index is 321. The molecule has 2 atom stereocenters. The van der Waals surface area contributed by atoms with Crippen LogP contribution < -0.4 is 5.32 Å². The molecule has 0 fully saturated rings. The van der Waals surface area contributed by atoms with Crippen molar-refractivity contribution in [2.75, 3.05) is 13.7 Å². The third-order valence-corrected chi connectivity index (χ3v) is 4.16. The number of methoxy groups -OCH3 is 1. The molecule has 92 valence electrons. The SMILES string of the molecule is CCNC(C)c1csc(C(C)(CC)OC)n1. The first kappa shape index (κ1) is 13.6. The van der Waals surface area contributed by atoms with Crippen molar-refractivity contribution in [1.82, 2.24) is 10.3 Å². The second-order valence-electron chi connectivity index (χ2n) is 4.15. The van der Waals surface area contributed by atoms with Gasteiger partial charge in [0.2, 0.25) is 0 Å². The normalized spacial score (nSPS) is 17.1. The fourth-order valence-electron chi connectivity index (χ4n) is 1.52. The van der Waals surface area contributed by atoms with E-state index in [4.69, 9.17) is 4.74 Å². The molecule has 1 rings (SSSR count). The smallest absolute Gasteiger partial charge is 0.125 e. The number of thiazole rings is 1. The monoisotopic (exact) mass is 242 g/mol. The summed E-state index contributed by atoms with van der Waals surface area (Å²) in [6.07, 6.45) is 0.937. The van der Waals surface area contributed by atoms with Gasteiger partial charge in [-0.1, -0.05) is 13.8 Å². The molecular formula is C12H22N2OS. The van der Waals surface area contributed by atoms with E-state index in [0.29, 0.717) is 6.04 Å². The minimum absolute atomic E-state index is 0.241. The Balaban J connectivity index is 2.85. The Labute approximate surface area is 102 Å². The molecule has 0 spiro atoms. The number of nitrogens with one attached hydrogen (secondary N) is 1. The molecule has 0 saturated carbocycles. The molecule has 0 amide bonds. The van der Waals surface area contributed by atoms with Crippen LogP contribution in [0.15, 0.2) is 5.38 Å². The Hall–Kier alpha value is -0.450. The number of aromatic nitrogens is 1. The van der Waals surface area contributed by atoms with E-state index >= 15 is 0 Å². The fraction of sp³-hybridized carbons (Fsp3) is 0.750. The van der Waals surface area contributed by atoms with Crippen LogP contribution in [-0.2, 0) is 10.3 Å². The lowest BCUT2D eigenvalue weighted by Gasteiger charge is -2.23. The summed E-state index contributed by atoms with van der Waals surface area (Å²) in [7, 11) is 1.75. The highest BCUT2D eigenvalue weighted by Crippen LogP contribution is 2.31. The molecular weight excluding hydrogens is 220 g/mol. The zero-order valence-electron chi connectivity index (χ0n) is 10.8. The Kier molecular flexibility index (Phi) is 4.89. The predicted molar refractivity (Wildman–Crippen MR) is 68.9 cm³/mol. The van der Waals surface area contributed by atoms with Crippen molar-refractivity contribution in [3.8, 4) is 0 Å². The zero-order chi connectivity index (χ0) is 12.2. The van der Waals surface area contributed by atoms with Gasteiger partial charge in [0.15, 0.2) is 0 Å². The average molecular weight is 242 g/mol. The van der Waals surface area contributed by atoms with Gasteiger partial charge in [0.1, 0.15) is 10.6 Å². The summed E-state index contributed by atoms with van der Waals surface area (Å²) < 4.78 is 5.55. The highest BCUT2D eigenvalue weighted by molar-refractivity contribution is 7.09. The number of hydrogen-bond donors (Lipinski definition) is 1. The minimum atomic E-state index is -0.241. The molecule has 16 heavy (non-hydrogen) atoms. The van der Waals surface area contributed by atoms with E-state index in [1.165, 1.54) is 0 Å². The van der Waals surface area contributed by atoms with Crippen LogP contribution in [-0.4, -0.2) is 18.6 Å². The quantitative estimate of drug-likeness (QED) is 0.832. The number of ether oxygens (including phenoxy) is 1. The van der Waals surface area contributed by atoms with Gasteiger partial charge in [-0.05, 0) is 26.8 Å². The lowest BCUT2D eigenvalue weighted by atomic mass is 10.0. The van der Waals surface area contributed by atoms with Crippen molar-refractivity contribution in [2.45, 2.75) is 45.8 Å². The van der Waals surface area contributed by atoms with Crippen LogP contribution in [0.4, 0.5) is 0 Å². The minimum Gasteiger partial charge on any atom is -0.371 e. The summed E-state index contributed by atoms with van der Waals surface area (Å²) in [5.41, 5.74) is 0.869. The molecule has 0 aromatic carbocycles. The van der Waals surface area contributed by atoms with Crippen LogP contribution in [0.25, 0.3) is 0 Å². The van der Waals surface area contributed by atoms with Crippen molar-refractivity contribution in [1.29, 1.82) is 0 Å². The molecule has 1 aromatic heterocycles. The van der Waals surface area contributed by atoms with Gasteiger partial charge in [0, 0.05) is 18.5 Å². The lowest BCUT2D eigenvalue weighted by Crippen LogP contribution is -2.23. The van der Waals surface area contributed by atoms with E-state index in [0.717, 1.165) is 23.7 Å². The molecule has 1 heterocycles. The zero-order valence-corrected chi connectivity index (χ0v) is 11.6. The third-order valence-electron chi connectivity index (χ3n) is 3.05. The van der Waals surface area contributed by atoms with Gasteiger partial charge in [-0.15, -0.1) is 11.3 Å². The molecule has 0 bridgehead atoms. The fourth-order valence-corrected chi connectivity index (χ4v) is 2.65. The Morgan fingerprint density at radius 3 is 2.75 bits per heavy atom. The van der Waals surface area contributed by atoms with Crippen LogP contribution >= 0.6 is 11.3 Å². The first-order valence-corrected chi connectivity index (χ1v) is 6.69. The maximum atomic E-state index is 5.55. The topological polar surface area (TPSA) is 34.1 Å². The maximum absolute atomic E-state index is 5.55. The van der Waals surface area contributed by atoms with Crippen molar-refractivity contribution in [3.63, 3.8) is 0 Å². The van der Waals surface area contributed by atoms with Gasteiger partial charge in [0.05, 0.1) is 5.69 Å². The summed E-state index contributed by atoms with van der Waals surface area (Å²) in [6, 6.07) is 0.313. The summed E-state index contributed by atoms with van der Waals surface area (Å²) in [4.78, 5) is 4.67. The third kappa shape index (κ3) is 2.81. The maximum Gasteiger partial charge on any atom is 0.125 e. The molecule has 3 nitrogen and oxygen atoms in total. The van der Waals surface area contributed by atoms with Crippen LogP contribution in [0.3, 0.4) is 0 Å². The summed E-state index contributed by atoms with van der Waals surface area (Å²) in [6.45, 7) is 9.42. The molecule has 4 heteroatoms. The Morgan fingerprint density at radius 2 is 2.25 bits per heavy atom. The second-order valence-corrected chi connectivity index (χ2v) is 5.00. The first-order chi connectivity index (χ1) is 7.57. The van der Waals surface area contributed by atoms with Gasteiger partial charge in [-0.3, -0.25) is 0 Å².